The minimum absolute atomic E-state index is 0.0996. The van der Waals surface area contributed by atoms with E-state index in [1.807, 2.05) is 0 Å². The van der Waals surface area contributed by atoms with Crippen molar-refractivity contribution >= 4 is 35.2 Å². The third-order valence-electron chi connectivity index (χ3n) is 3.51. The van der Waals surface area contributed by atoms with Crippen LogP contribution in [0.1, 0.15) is 37.7 Å². The molecule has 0 unspecified atom stereocenters. The highest BCUT2D eigenvalue weighted by atomic mass is 35.5. The largest absolute Gasteiger partial charge is 0.352 e. The van der Waals surface area contributed by atoms with Gasteiger partial charge in [0.2, 0.25) is 5.91 Å². The highest BCUT2D eigenvalue weighted by molar-refractivity contribution is 6.35. The van der Waals surface area contributed by atoms with Crippen LogP contribution in [-0.4, -0.2) is 12.5 Å². The van der Waals surface area contributed by atoms with Gasteiger partial charge in [0.05, 0.1) is 0 Å². The number of carbonyl (C=O) groups excluding carboxylic acids is 1. The van der Waals surface area contributed by atoms with Gasteiger partial charge in [-0.2, -0.15) is 0 Å². The van der Waals surface area contributed by atoms with Crippen LogP contribution in [0.4, 0.5) is 0 Å². The van der Waals surface area contributed by atoms with Crippen molar-refractivity contribution in [3.8, 4) is 0 Å². The number of nitrogens with one attached hydrogen (secondary N) is 1. The summed E-state index contributed by atoms with van der Waals surface area (Å²) in [5.41, 5.74) is 2.25. The van der Waals surface area contributed by atoms with E-state index in [-0.39, 0.29) is 5.91 Å². The number of rotatable bonds is 5. The zero-order chi connectivity index (χ0) is 15.1. The number of benzene rings is 1. The molecule has 0 aliphatic heterocycles. The van der Waals surface area contributed by atoms with Crippen molar-refractivity contribution in [1.29, 1.82) is 0 Å². The second-order valence-electron chi connectivity index (χ2n) is 5.15. The number of halogens is 2. The van der Waals surface area contributed by atoms with Gasteiger partial charge in [0.25, 0.3) is 0 Å². The highest BCUT2D eigenvalue weighted by Gasteiger charge is 2.04. The SMILES string of the molecule is O=C(C=Cc1ccc(Cl)cc1Cl)NCCC1=CCCCC1. The van der Waals surface area contributed by atoms with Crippen LogP contribution < -0.4 is 5.32 Å². The molecule has 1 aliphatic rings. The normalized spacial score (nSPS) is 15.0. The molecule has 1 amide bonds. The van der Waals surface area contributed by atoms with Gasteiger partial charge in [-0.1, -0.05) is 40.9 Å². The van der Waals surface area contributed by atoms with E-state index in [0.29, 0.717) is 16.6 Å². The summed E-state index contributed by atoms with van der Waals surface area (Å²) in [6, 6.07) is 5.21. The van der Waals surface area contributed by atoms with Crippen LogP contribution in [0.2, 0.25) is 10.0 Å². The smallest absolute Gasteiger partial charge is 0.244 e. The number of hydrogen-bond donors (Lipinski definition) is 1. The van der Waals surface area contributed by atoms with E-state index in [9.17, 15) is 4.79 Å². The molecule has 21 heavy (non-hydrogen) atoms. The molecule has 1 aliphatic carbocycles. The van der Waals surface area contributed by atoms with Crippen molar-refractivity contribution in [2.24, 2.45) is 0 Å². The number of hydrogen-bond acceptors (Lipinski definition) is 1. The molecule has 0 saturated heterocycles. The van der Waals surface area contributed by atoms with Gasteiger partial charge in [-0.15, -0.1) is 0 Å². The summed E-state index contributed by atoms with van der Waals surface area (Å²) >= 11 is 11.9. The fraction of sp³-hybridized carbons (Fsp3) is 0.353. The fourth-order valence-corrected chi connectivity index (χ4v) is 2.81. The number of amides is 1. The molecular formula is C17H19Cl2NO. The summed E-state index contributed by atoms with van der Waals surface area (Å²) in [4.78, 5) is 11.7. The van der Waals surface area contributed by atoms with E-state index in [4.69, 9.17) is 23.2 Å². The quantitative estimate of drug-likeness (QED) is 0.598. The summed E-state index contributed by atoms with van der Waals surface area (Å²) in [6.45, 7) is 0.684. The first-order chi connectivity index (χ1) is 10.1. The summed E-state index contributed by atoms with van der Waals surface area (Å²) in [7, 11) is 0. The second-order valence-corrected chi connectivity index (χ2v) is 5.99. The third-order valence-corrected chi connectivity index (χ3v) is 4.07. The maximum absolute atomic E-state index is 11.7. The molecule has 0 saturated carbocycles. The average molecular weight is 324 g/mol. The maximum atomic E-state index is 11.7. The van der Waals surface area contributed by atoms with Gasteiger partial charge in [-0.05, 0) is 55.9 Å². The molecular weight excluding hydrogens is 305 g/mol. The van der Waals surface area contributed by atoms with Gasteiger partial charge in [-0.25, -0.2) is 0 Å². The zero-order valence-corrected chi connectivity index (χ0v) is 13.4. The van der Waals surface area contributed by atoms with E-state index in [1.165, 1.54) is 37.3 Å². The predicted molar refractivity (Wildman–Crippen MR) is 89.7 cm³/mol. The first kappa shape index (κ1) is 16.1. The average Bonchev–Trinajstić information content (AvgIpc) is 2.47. The summed E-state index contributed by atoms with van der Waals surface area (Å²) in [5.74, 6) is -0.0996. The van der Waals surface area contributed by atoms with Crippen LogP contribution in [0.25, 0.3) is 6.08 Å². The van der Waals surface area contributed by atoms with Gasteiger partial charge in [0.1, 0.15) is 0 Å². The van der Waals surface area contributed by atoms with E-state index in [2.05, 4.69) is 11.4 Å². The van der Waals surface area contributed by atoms with E-state index in [0.717, 1.165) is 12.0 Å². The van der Waals surface area contributed by atoms with Crippen molar-refractivity contribution < 1.29 is 4.79 Å². The third kappa shape index (κ3) is 5.56. The monoisotopic (exact) mass is 323 g/mol. The van der Waals surface area contributed by atoms with Gasteiger partial charge >= 0.3 is 0 Å². The molecule has 0 atom stereocenters. The lowest BCUT2D eigenvalue weighted by molar-refractivity contribution is -0.116. The molecule has 0 radical (unpaired) electrons. The van der Waals surface area contributed by atoms with E-state index >= 15 is 0 Å². The summed E-state index contributed by atoms with van der Waals surface area (Å²) in [6.07, 6.45) is 11.4. The zero-order valence-electron chi connectivity index (χ0n) is 11.9. The van der Waals surface area contributed by atoms with Crippen LogP contribution in [-0.2, 0) is 4.79 Å². The molecule has 0 aromatic heterocycles. The molecule has 1 aromatic carbocycles. The molecule has 1 N–H and O–H groups in total. The molecule has 2 rings (SSSR count). The Morgan fingerprint density at radius 2 is 2.14 bits per heavy atom. The topological polar surface area (TPSA) is 29.1 Å². The van der Waals surface area contributed by atoms with Gasteiger partial charge in [0, 0.05) is 22.7 Å². The standard InChI is InChI=1S/C17H19Cl2NO/c18-15-8-6-14(16(19)12-15)7-9-17(21)20-11-10-13-4-2-1-3-5-13/h4,6-9,12H,1-3,5,10-11H2,(H,20,21). The van der Waals surface area contributed by atoms with Crippen molar-refractivity contribution in [2.75, 3.05) is 6.54 Å². The van der Waals surface area contributed by atoms with Gasteiger partial charge < -0.3 is 5.32 Å². The van der Waals surface area contributed by atoms with Crippen LogP contribution in [0.15, 0.2) is 35.9 Å². The van der Waals surface area contributed by atoms with Crippen LogP contribution in [0.3, 0.4) is 0 Å². The lowest BCUT2D eigenvalue weighted by atomic mass is 9.97. The lowest BCUT2D eigenvalue weighted by Gasteiger charge is -2.12. The first-order valence-corrected chi connectivity index (χ1v) is 7.99. The van der Waals surface area contributed by atoms with Crippen LogP contribution >= 0.6 is 23.2 Å². The first-order valence-electron chi connectivity index (χ1n) is 7.24. The Labute approximate surface area is 135 Å². The highest BCUT2D eigenvalue weighted by Crippen LogP contribution is 2.22. The molecule has 0 fully saturated rings. The van der Waals surface area contributed by atoms with Gasteiger partial charge in [0.15, 0.2) is 0 Å². The molecule has 2 nitrogen and oxygen atoms in total. The van der Waals surface area contributed by atoms with Crippen molar-refractivity contribution in [3.05, 3.63) is 51.5 Å². The molecule has 0 bridgehead atoms. The lowest BCUT2D eigenvalue weighted by Crippen LogP contribution is -2.22. The second kappa shape index (κ2) is 8.26. The van der Waals surface area contributed by atoms with Crippen molar-refractivity contribution in [1.82, 2.24) is 5.32 Å². The predicted octanol–water partition coefficient (Wildman–Crippen LogP) is 5.01. The Morgan fingerprint density at radius 1 is 1.29 bits per heavy atom. The Bertz CT molecular complexity index is 564. The molecule has 4 heteroatoms. The maximum Gasteiger partial charge on any atom is 0.244 e. The van der Waals surface area contributed by atoms with Crippen LogP contribution in [0, 0.1) is 0 Å². The number of carbonyl (C=O) groups is 1. The Morgan fingerprint density at radius 3 is 2.86 bits per heavy atom. The Balaban J connectivity index is 1.78. The van der Waals surface area contributed by atoms with Crippen LogP contribution in [0.5, 0.6) is 0 Å². The van der Waals surface area contributed by atoms with Gasteiger partial charge in [-0.3, -0.25) is 4.79 Å². The minimum atomic E-state index is -0.0996. The Hall–Kier alpha value is -1.25. The summed E-state index contributed by atoms with van der Waals surface area (Å²) in [5, 5.41) is 4.02. The fourth-order valence-electron chi connectivity index (χ4n) is 2.34. The number of allylic oxidation sites excluding steroid dienone is 1. The Kier molecular flexibility index (Phi) is 6.34. The molecule has 0 spiro atoms. The van der Waals surface area contributed by atoms with Crippen molar-refractivity contribution in [3.63, 3.8) is 0 Å². The van der Waals surface area contributed by atoms with E-state index in [1.54, 1.807) is 24.3 Å². The minimum Gasteiger partial charge on any atom is -0.352 e. The molecule has 112 valence electrons. The van der Waals surface area contributed by atoms with E-state index < -0.39 is 0 Å². The molecule has 0 heterocycles. The van der Waals surface area contributed by atoms with Crippen molar-refractivity contribution in [2.45, 2.75) is 32.1 Å². The molecule has 1 aromatic rings. The summed E-state index contributed by atoms with van der Waals surface area (Å²) < 4.78 is 0.